The van der Waals surface area contributed by atoms with Crippen molar-refractivity contribution in [1.29, 1.82) is 0 Å². The molecule has 2 heterocycles. The van der Waals surface area contributed by atoms with Gasteiger partial charge in [-0.3, -0.25) is 5.01 Å². The fourth-order valence-corrected chi connectivity index (χ4v) is 4.34. The van der Waals surface area contributed by atoms with Crippen molar-refractivity contribution in [3.05, 3.63) is 99.1 Å². The molecule has 4 aromatic rings. The minimum Gasteiger partial charge on any atom is -0.477 e. The maximum absolute atomic E-state index is 10.5. The van der Waals surface area contributed by atoms with E-state index in [2.05, 4.69) is 10.1 Å². The fourth-order valence-electron chi connectivity index (χ4n) is 3.72. The average Bonchev–Trinajstić information content (AvgIpc) is 3.45. The number of carbonyl (C=O) groups is 1. The smallest absolute Gasteiger partial charge is 0.352 e. The molecule has 5 rings (SSSR count). The second-order valence-electron chi connectivity index (χ2n) is 7.66. The van der Waals surface area contributed by atoms with Crippen LogP contribution in [-0.2, 0) is 0 Å². The number of carboxylic acid groups (broad SMARTS) is 1. The molecule has 0 radical (unpaired) electrons. The standard InChI is InChI=1S/C16H14Cl3N3.C9H7NO2/c17-11-3-1-10(2-4-11)16-8-13(9-20)21-22(16)15-6-5-12(18)7-14(15)19;11-9(12)8-5-6-3-1-2-4-7(6)10-8/h1-7,16H,8-9,20H2;1-5,10H,(H,11,12). The van der Waals surface area contributed by atoms with E-state index in [-0.39, 0.29) is 11.7 Å². The monoisotopic (exact) mass is 514 g/mol. The van der Waals surface area contributed by atoms with Crippen LogP contribution in [0, 0.1) is 0 Å². The number of nitrogens with one attached hydrogen (secondary N) is 1. The number of rotatable bonds is 4. The largest absolute Gasteiger partial charge is 0.477 e. The molecule has 0 spiro atoms. The third kappa shape index (κ3) is 5.37. The highest BCUT2D eigenvalue weighted by molar-refractivity contribution is 6.36. The highest BCUT2D eigenvalue weighted by atomic mass is 35.5. The third-order valence-electron chi connectivity index (χ3n) is 5.38. The van der Waals surface area contributed by atoms with Gasteiger partial charge in [0.1, 0.15) is 5.69 Å². The van der Waals surface area contributed by atoms with E-state index < -0.39 is 5.97 Å². The van der Waals surface area contributed by atoms with E-state index in [1.54, 1.807) is 18.2 Å². The van der Waals surface area contributed by atoms with Gasteiger partial charge < -0.3 is 15.8 Å². The number of halogens is 3. The molecular formula is C25H21Cl3N4O2. The van der Waals surface area contributed by atoms with Crippen molar-refractivity contribution in [3.8, 4) is 0 Å². The molecule has 0 bridgehead atoms. The van der Waals surface area contributed by atoms with E-state index in [0.29, 0.717) is 21.6 Å². The number of fused-ring (bicyclic) bond motifs is 1. The maximum atomic E-state index is 10.5. The molecule has 6 nitrogen and oxygen atoms in total. The van der Waals surface area contributed by atoms with Crippen LogP contribution >= 0.6 is 34.8 Å². The van der Waals surface area contributed by atoms with Gasteiger partial charge in [-0.1, -0.05) is 65.1 Å². The predicted molar refractivity (Wildman–Crippen MR) is 139 cm³/mol. The van der Waals surface area contributed by atoms with Gasteiger partial charge in [0.25, 0.3) is 0 Å². The first kappa shape index (κ1) is 24.1. The second-order valence-corrected chi connectivity index (χ2v) is 8.94. The Morgan fingerprint density at radius 1 is 1.03 bits per heavy atom. The SMILES string of the molecule is NCC1=NN(c2ccc(Cl)cc2Cl)C(c2ccc(Cl)cc2)C1.O=C(O)c1cc2ccccc2[nH]1. The summed E-state index contributed by atoms with van der Waals surface area (Å²) < 4.78 is 0. The highest BCUT2D eigenvalue weighted by Gasteiger charge is 2.29. The van der Waals surface area contributed by atoms with E-state index in [9.17, 15) is 4.79 Å². The van der Waals surface area contributed by atoms with Gasteiger partial charge in [0, 0.05) is 33.9 Å². The molecule has 1 aromatic heterocycles. The van der Waals surface area contributed by atoms with Crippen LogP contribution in [0.1, 0.15) is 28.5 Å². The number of hydrazone groups is 1. The highest BCUT2D eigenvalue weighted by Crippen LogP contribution is 2.39. The number of carboxylic acids is 1. The molecule has 174 valence electrons. The minimum absolute atomic E-state index is 0.0505. The van der Waals surface area contributed by atoms with Crippen molar-refractivity contribution >= 4 is 63.1 Å². The van der Waals surface area contributed by atoms with Crippen LogP contribution < -0.4 is 10.7 Å². The van der Waals surface area contributed by atoms with Crippen LogP contribution in [0.2, 0.25) is 15.1 Å². The number of nitrogens with zero attached hydrogens (tertiary/aromatic N) is 2. The van der Waals surface area contributed by atoms with Crippen LogP contribution in [0.25, 0.3) is 10.9 Å². The lowest BCUT2D eigenvalue weighted by atomic mass is 10.0. The molecule has 1 unspecified atom stereocenters. The van der Waals surface area contributed by atoms with E-state index in [0.717, 1.165) is 34.3 Å². The van der Waals surface area contributed by atoms with E-state index >= 15 is 0 Å². The number of nitrogens with two attached hydrogens (primary N) is 1. The van der Waals surface area contributed by atoms with Gasteiger partial charge in [-0.05, 0) is 48.0 Å². The first-order valence-electron chi connectivity index (χ1n) is 10.4. The summed E-state index contributed by atoms with van der Waals surface area (Å²) in [5.74, 6) is -0.925. The topological polar surface area (TPSA) is 94.7 Å². The molecule has 0 amide bonds. The van der Waals surface area contributed by atoms with Crippen LogP contribution in [-0.4, -0.2) is 28.3 Å². The number of aromatic nitrogens is 1. The molecule has 1 atom stereocenters. The van der Waals surface area contributed by atoms with Gasteiger partial charge >= 0.3 is 5.97 Å². The summed E-state index contributed by atoms with van der Waals surface area (Å²) in [6.45, 7) is 0.422. The fraction of sp³-hybridized carbons (Fsp3) is 0.120. The average molecular weight is 516 g/mol. The molecule has 9 heteroatoms. The van der Waals surface area contributed by atoms with Crippen molar-refractivity contribution in [2.45, 2.75) is 12.5 Å². The Morgan fingerprint density at radius 2 is 1.74 bits per heavy atom. The summed E-state index contributed by atoms with van der Waals surface area (Å²) in [6.07, 6.45) is 0.761. The molecule has 4 N–H and O–H groups in total. The number of anilines is 1. The van der Waals surface area contributed by atoms with Gasteiger partial charge in [0.2, 0.25) is 0 Å². The van der Waals surface area contributed by atoms with Gasteiger partial charge in [-0.25, -0.2) is 4.79 Å². The molecule has 0 aliphatic carbocycles. The summed E-state index contributed by atoms with van der Waals surface area (Å²) in [4.78, 5) is 13.3. The molecule has 34 heavy (non-hydrogen) atoms. The zero-order valence-electron chi connectivity index (χ0n) is 17.9. The van der Waals surface area contributed by atoms with Crippen molar-refractivity contribution < 1.29 is 9.90 Å². The summed E-state index contributed by atoms with van der Waals surface area (Å²) in [5.41, 5.74) is 9.72. The Bertz CT molecular complexity index is 1320. The molecular weight excluding hydrogens is 495 g/mol. The van der Waals surface area contributed by atoms with Gasteiger partial charge in [0.15, 0.2) is 0 Å². The van der Waals surface area contributed by atoms with Crippen molar-refractivity contribution in [1.82, 2.24) is 4.98 Å². The van der Waals surface area contributed by atoms with Crippen molar-refractivity contribution in [2.75, 3.05) is 11.6 Å². The lowest BCUT2D eigenvalue weighted by molar-refractivity contribution is 0.0691. The summed E-state index contributed by atoms with van der Waals surface area (Å²) in [5, 5.41) is 18.0. The van der Waals surface area contributed by atoms with E-state index in [1.165, 1.54) is 0 Å². The molecule has 0 saturated carbocycles. The Labute approximate surface area is 211 Å². The lowest BCUT2D eigenvalue weighted by Crippen LogP contribution is -2.19. The predicted octanol–water partition coefficient (Wildman–Crippen LogP) is 6.78. The Hall–Kier alpha value is -3.03. The molecule has 3 aromatic carbocycles. The number of hydrogen-bond donors (Lipinski definition) is 3. The van der Waals surface area contributed by atoms with Crippen LogP contribution in [0.15, 0.2) is 77.9 Å². The number of H-pyrrole nitrogens is 1. The number of para-hydroxylation sites is 1. The van der Waals surface area contributed by atoms with Gasteiger partial charge in [-0.15, -0.1) is 0 Å². The number of aromatic carboxylic acids is 1. The summed E-state index contributed by atoms with van der Waals surface area (Å²) in [6, 6.07) is 22.3. The summed E-state index contributed by atoms with van der Waals surface area (Å²) >= 11 is 18.3. The van der Waals surface area contributed by atoms with Crippen LogP contribution in [0.5, 0.6) is 0 Å². The molecule has 0 fully saturated rings. The van der Waals surface area contributed by atoms with Crippen LogP contribution in [0.3, 0.4) is 0 Å². The van der Waals surface area contributed by atoms with Gasteiger partial charge in [-0.2, -0.15) is 5.10 Å². The van der Waals surface area contributed by atoms with E-state index in [1.807, 2.05) is 59.6 Å². The normalized spacial score (nSPS) is 15.1. The van der Waals surface area contributed by atoms with Gasteiger partial charge in [0.05, 0.1) is 22.5 Å². The Balaban J connectivity index is 0.000000192. The van der Waals surface area contributed by atoms with E-state index in [4.69, 9.17) is 45.6 Å². The zero-order valence-corrected chi connectivity index (χ0v) is 20.1. The van der Waals surface area contributed by atoms with Crippen LogP contribution in [0.4, 0.5) is 5.69 Å². The summed E-state index contributed by atoms with van der Waals surface area (Å²) in [7, 11) is 0. The number of hydrogen-bond acceptors (Lipinski definition) is 4. The quantitative estimate of drug-likeness (QED) is 0.279. The zero-order chi connectivity index (χ0) is 24.2. The maximum Gasteiger partial charge on any atom is 0.352 e. The molecule has 1 aliphatic heterocycles. The first-order valence-corrected chi connectivity index (χ1v) is 11.6. The Morgan fingerprint density at radius 3 is 2.38 bits per heavy atom. The third-order valence-corrected chi connectivity index (χ3v) is 6.17. The second kappa shape index (κ2) is 10.5. The number of benzene rings is 3. The van der Waals surface area contributed by atoms with Crippen molar-refractivity contribution in [3.63, 3.8) is 0 Å². The first-order chi connectivity index (χ1) is 16.4. The molecule has 0 saturated heterocycles. The number of aromatic amines is 1. The van der Waals surface area contributed by atoms with Crippen molar-refractivity contribution in [2.24, 2.45) is 10.8 Å². The minimum atomic E-state index is -0.925. The Kier molecular flexibility index (Phi) is 7.44. The lowest BCUT2D eigenvalue weighted by Gasteiger charge is -2.25. The molecule has 1 aliphatic rings.